The first kappa shape index (κ1) is 23.8. The Hall–Kier alpha value is -2.54. The number of hydrogen-bond acceptors (Lipinski definition) is 0. The van der Waals surface area contributed by atoms with Crippen molar-refractivity contribution in [2.45, 2.75) is 40.5 Å². The van der Waals surface area contributed by atoms with Gasteiger partial charge in [-0.05, 0) is 0 Å². The van der Waals surface area contributed by atoms with Crippen LogP contribution in [0.25, 0.3) is 11.1 Å². The zero-order valence-corrected chi connectivity index (χ0v) is 25.1. The van der Waals surface area contributed by atoms with Crippen LogP contribution in [0.1, 0.15) is 39.8 Å². The fourth-order valence-corrected chi connectivity index (χ4v) is 27.1. The van der Waals surface area contributed by atoms with E-state index in [1.165, 1.54) is 38.9 Å². The Bertz CT molecular complexity index is 1530. The van der Waals surface area contributed by atoms with Gasteiger partial charge in [0, 0.05) is 0 Å². The summed E-state index contributed by atoms with van der Waals surface area (Å²) in [4.78, 5) is 0. The average molecular weight is 560 g/mol. The predicted octanol–water partition coefficient (Wildman–Crippen LogP) is 6.38. The molecule has 0 unspecified atom stereocenters. The first-order valence-corrected chi connectivity index (χ1v) is 20.6. The summed E-state index contributed by atoms with van der Waals surface area (Å²) in [5, 5.41) is 3.17. The molecule has 0 atom stereocenters. The fourth-order valence-electron chi connectivity index (χ4n) is 5.85. The molecule has 0 amide bonds. The summed E-state index contributed by atoms with van der Waals surface area (Å²) in [6.45, 7) is 9.02. The van der Waals surface area contributed by atoms with Crippen molar-refractivity contribution in [2.75, 3.05) is 0 Å². The van der Waals surface area contributed by atoms with Gasteiger partial charge in [-0.3, -0.25) is 0 Å². The Morgan fingerprint density at radius 3 is 1.89 bits per heavy atom. The Labute approximate surface area is 223 Å². The molecule has 0 heterocycles. The minimum atomic E-state index is -2.39. The van der Waals surface area contributed by atoms with E-state index in [0.717, 1.165) is 12.8 Å². The standard InChI is InChI=1S/C15H13.C14H14Si.C5H5.Zr/c1-10-3-5-14-12(7-10)9-13-8-11(2)4-6-15(13)14;1-11-3-7-13(8-4-11)15-14-9-5-12(2)6-10-14;1-2-4-5-3-1;/h3-7H,9H2,1-2H3;3-10H,1-2H3;1-3H,4H2;. The molecule has 0 spiro atoms. The fraction of sp³-hybridized carbons (Fsp3) is 0.176. The number of benzene rings is 4. The second-order valence-electron chi connectivity index (χ2n) is 10.4. The predicted molar refractivity (Wildman–Crippen MR) is 153 cm³/mol. The van der Waals surface area contributed by atoms with Gasteiger partial charge in [0.05, 0.1) is 0 Å². The molecule has 0 bridgehead atoms. The molecule has 2 heteroatoms. The SMILES string of the molecule is Cc1ccc([Si](c2ccc(C)cc2)=[Zr]([C]2=CC=CC2)[c]2c(C)ccc3c2Cc2cc(C)ccc2-3)cc1. The van der Waals surface area contributed by atoms with Gasteiger partial charge in [0.25, 0.3) is 0 Å². The zero-order chi connectivity index (χ0) is 24.8. The van der Waals surface area contributed by atoms with E-state index in [9.17, 15) is 0 Å². The average Bonchev–Trinajstić information content (AvgIpc) is 3.52. The van der Waals surface area contributed by atoms with E-state index in [4.69, 9.17) is 0 Å². The molecular formula is C34H32SiZr. The van der Waals surface area contributed by atoms with Crippen LogP contribution in [0.15, 0.2) is 100 Å². The molecule has 6 rings (SSSR count). The van der Waals surface area contributed by atoms with E-state index < -0.39 is 25.8 Å². The molecule has 0 radical (unpaired) electrons. The van der Waals surface area contributed by atoms with Crippen LogP contribution in [-0.4, -0.2) is 5.43 Å². The maximum atomic E-state index is 2.49. The quantitative estimate of drug-likeness (QED) is 0.224. The molecule has 36 heavy (non-hydrogen) atoms. The maximum absolute atomic E-state index is 2.49. The summed E-state index contributed by atoms with van der Waals surface area (Å²) in [6, 6.07) is 31.0. The molecular weight excluding hydrogens is 528 g/mol. The number of fused-ring (bicyclic) bond motifs is 3. The zero-order valence-electron chi connectivity index (χ0n) is 21.7. The third kappa shape index (κ3) is 4.29. The molecule has 0 fully saturated rings. The van der Waals surface area contributed by atoms with Crippen molar-refractivity contribution in [2.24, 2.45) is 0 Å². The molecule has 0 saturated carbocycles. The first-order chi connectivity index (χ1) is 17.5. The third-order valence-corrected chi connectivity index (χ3v) is 26.8. The summed E-state index contributed by atoms with van der Waals surface area (Å²) in [7, 11) is 0. The summed E-state index contributed by atoms with van der Waals surface area (Å²) >= 11 is -2.39. The number of rotatable bonds is 4. The minimum absolute atomic E-state index is 0.956. The van der Waals surface area contributed by atoms with E-state index in [0.29, 0.717) is 0 Å². The van der Waals surface area contributed by atoms with E-state index in [-0.39, 0.29) is 0 Å². The van der Waals surface area contributed by atoms with Crippen LogP contribution in [0.2, 0.25) is 0 Å². The van der Waals surface area contributed by atoms with Crippen LogP contribution in [0.5, 0.6) is 0 Å². The second-order valence-corrected chi connectivity index (χ2v) is 23.6. The third-order valence-electron chi connectivity index (χ3n) is 7.71. The van der Waals surface area contributed by atoms with Crippen LogP contribution in [0, 0.1) is 27.7 Å². The van der Waals surface area contributed by atoms with Crippen LogP contribution in [0.4, 0.5) is 0 Å². The molecule has 2 aliphatic carbocycles. The first-order valence-electron chi connectivity index (χ1n) is 13.0. The monoisotopic (exact) mass is 558 g/mol. The van der Waals surface area contributed by atoms with Crippen LogP contribution in [0.3, 0.4) is 0 Å². The normalized spacial score (nSPS) is 13.4. The van der Waals surface area contributed by atoms with Crippen molar-refractivity contribution in [3.8, 4) is 11.1 Å². The van der Waals surface area contributed by atoms with E-state index in [1.807, 2.05) is 0 Å². The molecule has 2 aliphatic rings. The van der Waals surface area contributed by atoms with Gasteiger partial charge in [0.2, 0.25) is 0 Å². The van der Waals surface area contributed by atoms with Crippen molar-refractivity contribution in [1.82, 2.24) is 0 Å². The molecule has 176 valence electrons. The molecule has 0 nitrogen and oxygen atoms in total. The Morgan fingerprint density at radius 1 is 0.667 bits per heavy atom. The number of aryl methyl sites for hydroxylation is 4. The van der Waals surface area contributed by atoms with Gasteiger partial charge in [0.15, 0.2) is 0 Å². The van der Waals surface area contributed by atoms with Crippen LogP contribution >= 0.6 is 0 Å². The Balaban J connectivity index is 1.70. The summed E-state index contributed by atoms with van der Waals surface area (Å²) in [6.07, 6.45) is 9.42. The number of allylic oxidation sites excluding steroid dienone is 4. The van der Waals surface area contributed by atoms with Crippen molar-refractivity contribution in [1.29, 1.82) is 0 Å². The molecule has 0 aromatic heterocycles. The van der Waals surface area contributed by atoms with Crippen molar-refractivity contribution < 1.29 is 20.4 Å². The van der Waals surface area contributed by atoms with Gasteiger partial charge in [-0.2, -0.15) is 0 Å². The topological polar surface area (TPSA) is 0 Å². The molecule has 0 saturated heterocycles. The van der Waals surface area contributed by atoms with E-state index in [1.54, 1.807) is 22.5 Å². The molecule has 4 aromatic rings. The Morgan fingerprint density at radius 2 is 1.28 bits per heavy atom. The summed E-state index contributed by atoms with van der Waals surface area (Å²) in [5.41, 5.74) is 10.7. The van der Waals surface area contributed by atoms with Gasteiger partial charge in [-0.25, -0.2) is 0 Å². The molecule has 4 aromatic carbocycles. The van der Waals surface area contributed by atoms with Gasteiger partial charge >= 0.3 is 225 Å². The van der Waals surface area contributed by atoms with Crippen molar-refractivity contribution in [3.63, 3.8) is 0 Å². The number of hydrogen-bond donors (Lipinski definition) is 0. The van der Waals surface area contributed by atoms with Crippen molar-refractivity contribution >= 4 is 19.1 Å². The second kappa shape index (κ2) is 9.73. The van der Waals surface area contributed by atoms with E-state index >= 15 is 0 Å². The van der Waals surface area contributed by atoms with Gasteiger partial charge in [0.1, 0.15) is 0 Å². The summed E-state index contributed by atoms with van der Waals surface area (Å²) < 4.78 is 3.53. The van der Waals surface area contributed by atoms with E-state index in [2.05, 4.69) is 125 Å². The van der Waals surface area contributed by atoms with Crippen molar-refractivity contribution in [3.05, 3.63) is 134 Å². The molecule has 0 N–H and O–H groups in total. The van der Waals surface area contributed by atoms with Crippen LogP contribution < -0.4 is 13.6 Å². The molecule has 0 aliphatic heterocycles. The van der Waals surface area contributed by atoms with Gasteiger partial charge in [-0.15, -0.1) is 0 Å². The van der Waals surface area contributed by atoms with Gasteiger partial charge in [-0.1, -0.05) is 0 Å². The Kier molecular flexibility index (Phi) is 6.44. The summed E-state index contributed by atoms with van der Waals surface area (Å²) in [5.74, 6) is 0. The van der Waals surface area contributed by atoms with Crippen LogP contribution in [-0.2, 0) is 26.8 Å². The van der Waals surface area contributed by atoms with Gasteiger partial charge < -0.3 is 0 Å².